The molecule has 0 aliphatic rings. The average Bonchev–Trinajstić information content (AvgIpc) is 3.16. The number of thiazole rings is 1. The monoisotopic (exact) mass is 427 g/mol. The van der Waals surface area contributed by atoms with Gasteiger partial charge in [0.25, 0.3) is 5.91 Å². The van der Waals surface area contributed by atoms with E-state index in [0.29, 0.717) is 16.4 Å². The van der Waals surface area contributed by atoms with E-state index in [4.69, 9.17) is 0 Å². The van der Waals surface area contributed by atoms with Gasteiger partial charge in [0.05, 0.1) is 0 Å². The number of carbonyl (C=O) groups excluding carboxylic acids is 2. The van der Waals surface area contributed by atoms with Gasteiger partial charge >= 0.3 is 0 Å². The molecule has 0 radical (unpaired) electrons. The maximum absolute atomic E-state index is 12.6. The number of rotatable bonds is 6. The molecule has 0 fully saturated rings. The van der Waals surface area contributed by atoms with Crippen molar-refractivity contribution < 1.29 is 9.59 Å². The summed E-state index contributed by atoms with van der Waals surface area (Å²) in [4.78, 5) is 29.1. The maximum atomic E-state index is 12.6. The predicted octanol–water partition coefficient (Wildman–Crippen LogP) is 4.72. The number of allylic oxidation sites excluding steroid dienone is 1. The van der Waals surface area contributed by atoms with E-state index in [1.807, 2.05) is 30.3 Å². The lowest BCUT2D eigenvalue weighted by molar-refractivity contribution is -0.112. The van der Waals surface area contributed by atoms with E-state index < -0.39 is 5.91 Å². The Morgan fingerprint density at radius 3 is 2.38 bits per heavy atom. The first-order valence-electron chi connectivity index (χ1n) is 7.66. The molecule has 0 saturated heterocycles. The molecule has 26 heavy (non-hydrogen) atoms. The summed E-state index contributed by atoms with van der Waals surface area (Å²) < 4.78 is 0.918. The molecule has 0 aliphatic carbocycles. The van der Waals surface area contributed by atoms with Gasteiger partial charge in [-0.1, -0.05) is 46.3 Å². The van der Waals surface area contributed by atoms with Crippen molar-refractivity contribution in [3.8, 4) is 0 Å². The number of nitrogens with zero attached hydrogens (tertiary/aromatic N) is 1. The lowest BCUT2D eigenvalue weighted by Crippen LogP contribution is -2.21. The van der Waals surface area contributed by atoms with Crippen molar-refractivity contribution in [3.63, 3.8) is 0 Å². The van der Waals surface area contributed by atoms with Gasteiger partial charge in [0.2, 0.25) is 0 Å². The molecule has 1 aromatic heterocycles. The first-order chi connectivity index (χ1) is 12.6. The second-order valence-electron chi connectivity index (χ2n) is 5.21. The smallest absolute Gasteiger partial charge is 0.274 e. The third-order valence-electron chi connectivity index (χ3n) is 3.35. The highest BCUT2D eigenvalue weighted by atomic mass is 79.9. The number of nitrogens with one attached hydrogen (secondary N) is 2. The third kappa shape index (κ3) is 4.87. The first-order valence-corrected chi connectivity index (χ1v) is 9.33. The minimum Gasteiger partial charge on any atom is -0.351 e. The van der Waals surface area contributed by atoms with Crippen molar-refractivity contribution in [1.29, 1.82) is 0 Å². The zero-order valence-electron chi connectivity index (χ0n) is 13.5. The molecule has 1 amide bonds. The zero-order valence-corrected chi connectivity index (χ0v) is 15.9. The number of halogens is 1. The molecule has 130 valence electrons. The van der Waals surface area contributed by atoms with Gasteiger partial charge in [0.15, 0.2) is 10.9 Å². The Kier molecular flexibility index (Phi) is 5.93. The predicted molar refractivity (Wildman–Crippen MR) is 107 cm³/mol. The molecule has 1 heterocycles. The standard InChI is InChI=1S/C19H14BrN3O2S/c20-14-6-8-15(9-7-14)22-16(18(25)23-19-21-10-11-26-19)12-17(24)13-4-2-1-3-5-13/h1-12,22H,(H,21,23,25)/b16-12-. The molecule has 2 N–H and O–H groups in total. The third-order valence-corrected chi connectivity index (χ3v) is 4.57. The number of anilines is 2. The molecular weight excluding hydrogens is 414 g/mol. The number of hydrogen-bond acceptors (Lipinski definition) is 5. The SMILES string of the molecule is O=C(Nc1nccs1)/C(=C/C(=O)c1ccccc1)Nc1ccc(Br)cc1. The van der Waals surface area contributed by atoms with Gasteiger partial charge in [-0.05, 0) is 24.3 Å². The Balaban J connectivity index is 1.87. The molecule has 0 bridgehead atoms. The Labute approximate surface area is 162 Å². The van der Waals surface area contributed by atoms with Crippen LogP contribution in [0, 0.1) is 0 Å². The van der Waals surface area contributed by atoms with Crippen LogP contribution >= 0.6 is 27.3 Å². The number of amides is 1. The number of carbonyl (C=O) groups is 2. The fourth-order valence-electron chi connectivity index (χ4n) is 2.11. The van der Waals surface area contributed by atoms with Gasteiger partial charge < -0.3 is 5.32 Å². The summed E-state index contributed by atoms with van der Waals surface area (Å²) in [6.07, 6.45) is 2.89. The van der Waals surface area contributed by atoms with Crippen molar-refractivity contribution in [2.45, 2.75) is 0 Å². The molecule has 5 nitrogen and oxygen atoms in total. The number of benzene rings is 2. The normalized spacial score (nSPS) is 11.0. The van der Waals surface area contributed by atoms with Gasteiger partial charge in [-0.3, -0.25) is 14.9 Å². The van der Waals surface area contributed by atoms with E-state index in [0.717, 1.165) is 4.47 Å². The van der Waals surface area contributed by atoms with E-state index in [9.17, 15) is 9.59 Å². The van der Waals surface area contributed by atoms with Crippen LogP contribution in [0.15, 0.2) is 82.4 Å². The lowest BCUT2D eigenvalue weighted by Gasteiger charge is -2.11. The van der Waals surface area contributed by atoms with E-state index in [1.165, 1.54) is 17.4 Å². The van der Waals surface area contributed by atoms with Crippen molar-refractivity contribution in [2.24, 2.45) is 0 Å². The van der Waals surface area contributed by atoms with E-state index in [2.05, 4.69) is 31.5 Å². The first kappa shape index (κ1) is 18.0. The van der Waals surface area contributed by atoms with Crippen LogP contribution in [-0.4, -0.2) is 16.7 Å². The quantitative estimate of drug-likeness (QED) is 0.440. The molecular formula is C19H14BrN3O2S. The van der Waals surface area contributed by atoms with Crippen LogP contribution in [0.4, 0.5) is 10.8 Å². The number of ketones is 1. The Morgan fingerprint density at radius 2 is 1.73 bits per heavy atom. The Hall–Kier alpha value is -2.77. The Morgan fingerprint density at radius 1 is 1.00 bits per heavy atom. The van der Waals surface area contributed by atoms with Crippen LogP contribution in [0.5, 0.6) is 0 Å². The van der Waals surface area contributed by atoms with Crippen molar-refractivity contribution in [3.05, 3.63) is 88.0 Å². The summed E-state index contributed by atoms with van der Waals surface area (Å²) >= 11 is 4.67. The summed E-state index contributed by atoms with van der Waals surface area (Å²) in [6, 6.07) is 16.1. The molecule has 0 unspecified atom stereocenters. The summed E-state index contributed by atoms with van der Waals surface area (Å²) in [7, 11) is 0. The maximum Gasteiger partial charge on any atom is 0.274 e. The van der Waals surface area contributed by atoms with E-state index >= 15 is 0 Å². The van der Waals surface area contributed by atoms with Crippen LogP contribution < -0.4 is 10.6 Å². The molecule has 3 rings (SSSR count). The topological polar surface area (TPSA) is 71.1 Å². The zero-order chi connectivity index (χ0) is 18.4. The minimum absolute atomic E-state index is 0.136. The highest BCUT2D eigenvalue weighted by Gasteiger charge is 2.14. The van der Waals surface area contributed by atoms with Crippen molar-refractivity contribution in [2.75, 3.05) is 10.6 Å². The average molecular weight is 428 g/mol. The molecule has 0 saturated carbocycles. The van der Waals surface area contributed by atoms with Gasteiger partial charge in [-0.2, -0.15) is 0 Å². The highest BCUT2D eigenvalue weighted by Crippen LogP contribution is 2.18. The van der Waals surface area contributed by atoms with Gasteiger partial charge in [0.1, 0.15) is 5.70 Å². The van der Waals surface area contributed by atoms with Gasteiger partial charge in [-0.25, -0.2) is 4.98 Å². The fourth-order valence-corrected chi connectivity index (χ4v) is 2.90. The van der Waals surface area contributed by atoms with Crippen LogP contribution in [0.1, 0.15) is 10.4 Å². The van der Waals surface area contributed by atoms with Gasteiger partial charge in [0, 0.05) is 33.4 Å². The van der Waals surface area contributed by atoms with Crippen LogP contribution in [0.3, 0.4) is 0 Å². The fraction of sp³-hybridized carbons (Fsp3) is 0. The highest BCUT2D eigenvalue weighted by molar-refractivity contribution is 9.10. The number of aromatic nitrogens is 1. The second-order valence-corrected chi connectivity index (χ2v) is 7.02. The summed E-state index contributed by atoms with van der Waals surface area (Å²) in [5, 5.41) is 7.91. The largest absolute Gasteiger partial charge is 0.351 e. The second kappa shape index (κ2) is 8.55. The molecule has 0 aliphatic heterocycles. The summed E-state index contributed by atoms with van der Waals surface area (Å²) in [5.41, 5.74) is 1.33. The molecule has 3 aromatic rings. The van der Waals surface area contributed by atoms with E-state index in [-0.39, 0.29) is 11.5 Å². The molecule has 0 spiro atoms. The van der Waals surface area contributed by atoms with Crippen molar-refractivity contribution >= 4 is 49.8 Å². The van der Waals surface area contributed by atoms with Crippen molar-refractivity contribution in [1.82, 2.24) is 4.98 Å². The number of hydrogen-bond donors (Lipinski definition) is 2. The molecule has 0 atom stereocenters. The lowest BCUT2D eigenvalue weighted by atomic mass is 10.1. The molecule has 2 aromatic carbocycles. The minimum atomic E-state index is -0.438. The van der Waals surface area contributed by atoms with Crippen LogP contribution in [-0.2, 0) is 4.79 Å². The van der Waals surface area contributed by atoms with Crippen LogP contribution in [0.2, 0.25) is 0 Å². The van der Waals surface area contributed by atoms with E-state index in [1.54, 1.807) is 35.8 Å². The summed E-state index contributed by atoms with van der Waals surface area (Å²) in [6.45, 7) is 0. The summed E-state index contributed by atoms with van der Waals surface area (Å²) in [5.74, 6) is -0.702. The molecule has 7 heteroatoms. The Bertz CT molecular complexity index is 923. The van der Waals surface area contributed by atoms with Gasteiger partial charge in [-0.15, -0.1) is 11.3 Å². The van der Waals surface area contributed by atoms with Crippen LogP contribution in [0.25, 0.3) is 0 Å².